The van der Waals surface area contributed by atoms with Gasteiger partial charge in [0.25, 0.3) is 0 Å². The van der Waals surface area contributed by atoms with Crippen LogP contribution in [0.15, 0.2) is 23.0 Å². The normalized spacial score (nSPS) is 18.7. The van der Waals surface area contributed by atoms with E-state index in [-0.39, 0.29) is 24.3 Å². The Kier molecular flexibility index (Phi) is 4.63. The van der Waals surface area contributed by atoms with Crippen LogP contribution in [0.3, 0.4) is 0 Å². The molecule has 0 saturated carbocycles. The van der Waals surface area contributed by atoms with E-state index in [0.29, 0.717) is 25.3 Å². The highest BCUT2D eigenvalue weighted by Crippen LogP contribution is 2.33. The predicted molar refractivity (Wildman–Crippen MR) is 98.0 cm³/mol. The third-order valence-electron chi connectivity index (χ3n) is 5.28. The summed E-state index contributed by atoms with van der Waals surface area (Å²) < 4.78 is 13.8. The van der Waals surface area contributed by atoms with Crippen LogP contribution in [0.2, 0.25) is 0 Å². The van der Waals surface area contributed by atoms with Crippen LogP contribution in [-0.2, 0) is 24.8 Å². The number of aromatic nitrogens is 3. The van der Waals surface area contributed by atoms with E-state index in [0.717, 1.165) is 36.5 Å². The van der Waals surface area contributed by atoms with Crippen molar-refractivity contribution in [1.29, 1.82) is 0 Å². The van der Waals surface area contributed by atoms with Crippen molar-refractivity contribution in [3.63, 3.8) is 0 Å². The maximum absolute atomic E-state index is 12.8. The van der Waals surface area contributed by atoms with Crippen LogP contribution in [0.25, 0.3) is 0 Å². The third-order valence-corrected chi connectivity index (χ3v) is 5.28. The van der Waals surface area contributed by atoms with Gasteiger partial charge in [0.15, 0.2) is 11.5 Å². The van der Waals surface area contributed by atoms with E-state index >= 15 is 0 Å². The van der Waals surface area contributed by atoms with E-state index < -0.39 is 0 Å². The van der Waals surface area contributed by atoms with E-state index in [1.54, 1.807) is 11.6 Å². The summed E-state index contributed by atoms with van der Waals surface area (Å²) in [6.45, 7) is 4.09. The van der Waals surface area contributed by atoms with Crippen molar-refractivity contribution in [2.75, 3.05) is 19.9 Å². The topological polar surface area (TPSA) is 78.6 Å². The van der Waals surface area contributed by atoms with E-state index in [1.165, 1.54) is 4.68 Å². The Morgan fingerprint density at radius 3 is 2.93 bits per heavy atom. The van der Waals surface area contributed by atoms with Crippen LogP contribution in [0, 0.1) is 0 Å². The van der Waals surface area contributed by atoms with Crippen molar-refractivity contribution in [2.24, 2.45) is 7.05 Å². The number of nitrogens with zero attached hydrogens (tertiary/aromatic N) is 4. The summed E-state index contributed by atoms with van der Waals surface area (Å²) in [7, 11) is 1.67. The van der Waals surface area contributed by atoms with Gasteiger partial charge in [-0.1, -0.05) is 6.07 Å². The number of rotatable bonds is 4. The number of hydrogen-bond donors (Lipinski definition) is 0. The van der Waals surface area contributed by atoms with Gasteiger partial charge in [0.2, 0.25) is 12.7 Å². The number of carbonyl (C=O) groups excluding carboxylic acids is 1. The molecular weight excluding hydrogens is 348 g/mol. The van der Waals surface area contributed by atoms with Crippen LogP contribution in [-0.4, -0.2) is 45.0 Å². The Balaban J connectivity index is 1.47. The molecule has 0 spiro atoms. The summed E-state index contributed by atoms with van der Waals surface area (Å²) in [4.78, 5) is 26.9. The summed E-state index contributed by atoms with van der Waals surface area (Å²) in [5.41, 5.74) is 0.811. The van der Waals surface area contributed by atoms with Gasteiger partial charge in [-0.2, -0.15) is 5.10 Å². The van der Waals surface area contributed by atoms with Crippen LogP contribution >= 0.6 is 0 Å². The number of likely N-dealkylation sites (tertiary alicyclic amines) is 1. The molecule has 0 unspecified atom stereocenters. The molecule has 1 saturated heterocycles. The average molecular weight is 372 g/mol. The minimum atomic E-state index is -0.101. The average Bonchev–Trinajstić information content (AvgIpc) is 3.26. The summed E-state index contributed by atoms with van der Waals surface area (Å²) in [5.74, 6) is 2.37. The van der Waals surface area contributed by atoms with Crippen molar-refractivity contribution in [1.82, 2.24) is 19.2 Å². The Morgan fingerprint density at radius 1 is 1.30 bits per heavy atom. The molecule has 0 N–H and O–H groups in total. The zero-order chi connectivity index (χ0) is 19.0. The highest BCUT2D eigenvalue weighted by molar-refractivity contribution is 5.79. The maximum Gasteiger partial charge on any atom is 0.345 e. The zero-order valence-corrected chi connectivity index (χ0v) is 15.7. The minimum Gasteiger partial charge on any atom is -0.454 e. The van der Waals surface area contributed by atoms with Gasteiger partial charge in [-0.25, -0.2) is 9.48 Å². The molecule has 1 fully saturated rings. The van der Waals surface area contributed by atoms with Gasteiger partial charge >= 0.3 is 5.69 Å². The lowest BCUT2D eigenvalue weighted by molar-refractivity contribution is -0.131. The highest BCUT2D eigenvalue weighted by atomic mass is 16.7. The third kappa shape index (κ3) is 3.31. The molecule has 27 heavy (non-hydrogen) atoms. The molecule has 144 valence electrons. The lowest BCUT2D eigenvalue weighted by atomic mass is 9.96. The molecule has 1 amide bonds. The molecule has 2 aromatic rings. The molecule has 0 radical (unpaired) electrons. The number of ether oxygens (including phenoxy) is 2. The molecule has 3 heterocycles. The van der Waals surface area contributed by atoms with Gasteiger partial charge in [-0.05, 0) is 37.5 Å². The lowest BCUT2D eigenvalue weighted by Crippen LogP contribution is -2.40. The number of amides is 1. The maximum atomic E-state index is 12.8. The van der Waals surface area contributed by atoms with E-state index in [1.807, 2.05) is 30.0 Å². The first kappa shape index (κ1) is 17.6. The first-order valence-electron chi connectivity index (χ1n) is 9.37. The van der Waals surface area contributed by atoms with Crippen molar-refractivity contribution in [3.8, 4) is 11.5 Å². The molecule has 8 nitrogen and oxygen atoms in total. The number of hydrogen-bond acceptors (Lipinski definition) is 5. The first-order valence-corrected chi connectivity index (χ1v) is 9.37. The molecule has 1 aromatic carbocycles. The number of fused-ring (bicyclic) bond motifs is 1. The van der Waals surface area contributed by atoms with Crippen molar-refractivity contribution in [3.05, 3.63) is 40.1 Å². The fourth-order valence-corrected chi connectivity index (χ4v) is 3.87. The largest absolute Gasteiger partial charge is 0.454 e. The minimum absolute atomic E-state index is 0.0832. The fourth-order valence-electron chi connectivity index (χ4n) is 3.87. The van der Waals surface area contributed by atoms with E-state index in [4.69, 9.17) is 9.47 Å². The lowest BCUT2D eigenvalue weighted by Gasteiger charge is -2.32. The Labute approximate surface area is 157 Å². The molecule has 0 bridgehead atoms. The van der Waals surface area contributed by atoms with E-state index in [9.17, 15) is 9.59 Å². The number of benzene rings is 1. The second kappa shape index (κ2) is 7.09. The van der Waals surface area contributed by atoms with Crippen LogP contribution in [0.1, 0.15) is 37.1 Å². The molecule has 2 aliphatic heterocycles. The standard InChI is InChI=1S/C19H24N4O4/c1-3-23-18(20-21(2)19(23)25)14-5-4-8-22(11-14)17(24)10-13-6-7-15-16(9-13)27-12-26-15/h6-7,9,14H,3-5,8,10-12H2,1-2H3/t14-/m0/s1. The first-order chi connectivity index (χ1) is 13.1. The molecule has 2 aliphatic rings. The monoisotopic (exact) mass is 372 g/mol. The second-order valence-corrected chi connectivity index (χ2v) is 7.05. The molecule has 1 atom stereocenters. The Bertz CT molecular complexity index is 917. The van der Waals surface area contributed by atoms with Crippen molar-refractivity contribution in [2.45, 2.75) is 38.6 Å². The Morgan fingerprint density at radius 2 is 2.11 bits per heavy atom. The van der Waals surface area contributed by atoms with Gasteiger partial charge in [0.1, 0.15) is 5.82 Å². The number of aryl methyl sites for hydroxylation is 1. The van der Waals surface area contributed by atoms with Gasteiger partial charge in [0.05, 0.1) is 6.42 Å². The molecule has 8 heteroatoms. The smallest absolute Gasteiger partial charge is 0.345 e. The Hall–Kier alpha value is -2.77. The van der Waals surface area contributed by atoms with Crippen LogP contribution in [0.5, 0.6) is 11.5 Å². The summed E-state index contributed by atoms with van der Waals surface area (Å²) in [5, 5.41) is 4.42. The quantitative estimate of drug-likeness (QED) is 0.808. The summed E-state index contributed by atoms with van der Waals surface area (Å²) in [6.07, 6.45) is 2.17. The molecule has 0 aliphatic carbocycles. The van der Waals surface area contributed by atoms with Gasteiger partial charge in [-0.3, -0.25) is 9.36 Å². The van der Waals surface area contributed by atoms with Crippen molar-refractivity contribution < 1.29 is 14.3 Å². The fraction of sp³-hybridized carbons (Fsp3) is 0.526. The van der Waals surface area contributed by atoms with E-state index in [2.05, 4.69) is 5.10 Å². The van der Waals surface area contributed by atoms with Crippen molar-refractivity contribution >= 4 is 5.91 Å². The molecule has 4 rings (SSSR count). The van der Waals surface area contributed by atoms with Gasteiger partial charge < -0.3 is 14.4 Å². The van der Waals surface area contributed by atoms with Gasteiger partial charge in [0, 0.05) is 32.6 Å². The summed E-state index contributed by atoms with van der Waals surface area (Å²) >= 11 is 0. The van der Waals surface area contributed by atoms with Crippen LogP contribution < -0.4 is 15.2 Å². The van der Waals surface area contributed by atoms with Gasteiger partial charge in [-0.15, -0.1) is 0 Å². The highest BCUT2D eigenvalue weighted by Gasteiger charge is 2.29. The predicted octanol–water partition coefficient (Wildman–Crippen LogP) is 1.28. The zero-order valence-electron chi connectivity index (χ0n) is 15.7. The number of carbonyl (C=O) groups is 1. The molecule has 1 aromatic heterocycles. The summed E-state index contributed by atoms with van der Waals surface area (Å²) in [6, 6.07) is 5.62. The second-order valence-electron chi connectivity index (χ2n) is 7.05. The molecular formula is C19H24N4O4. The number of piperidine rings is 1. The van der Waals surface area contributed by atoms with Crippen LogP contribution in [0.4, 0.5) is 0 Å². The SMILES string of the molecule is CCn1c([C@H]2CCCN(C(=O)Cc3ccc4c(c3)OCO4)C2)nn(C)c1=O.